The van der Waals surface area contributed by atoms with Crippen molar-refractivity contribution in [2.45, 2.75) is 26.3 Å². The summed E-state index contributed by atoms with van der Waals surface area (Å²) in [4.78, 5) is 36.5. The molecule has 7 heteroatoms. The Bertz CT molecular complexity index is 848. The molecule has 0 aliphatic carbocycles. The minimum Gasteiger partial charge on any atom is -0.548 e. The highest BCUT2D eigenvalue weighted by molar-refractivity contribution is 6.09. The van der Waals surface area contributed by atoms with E-state index in [1.807, 2.05) is 6.92 Å². The fraction of sp³-hybridized carbons (Fsp3) is 0.286. The third kappa shape index (κ3) is 5.09. The van der Waals surface area contributed by atoms with E-state index in [9.17, 15) is 19.5 Å². The standard InChI is InChI=1S/C21H24N2O5/c1-4-13(2)18(21(26)27)23-20(25)16-7-5-6-8-17(16)22-19(24)14-9-11-15(28-3)12-10-14/h5-13,18H,4H2,1-3H3,(H,22,24)(H,23,25)(H,26,27)/p-1/t13-,18+/m0/s1. The first-order valence-electron chi connectivity index (χ1n) is 8.93. The summed E-state index contributed by atoms with van der Waals surface area (Å²) in [6.07, 6.45) is 0.564. The summed E-state index contributed by atoms with van der Waals surface area (Å²) in [6, 6.07) is 11.8. The summed E-state index contributed by atoms with van der Waals surface area (Å²) in [5.74, 6) is -2.02. The maximum atomic E-state index is 12.6. The molecule has 0 saturated heterocycles. The van der Waals surface area contributed by atoms with Crippen LogP contribution >= 0.6 is 0 Å². The largest absolute Gasteiger partial charge is 0.548 e. The maximum absolute atomic E-state index is 12.6. The van der Waals surface area contributed by atoms with E-state index in [2.05, 4.69) is 10.6 Å². The number of nitrogens with one attached hydrogen (secondary N) is 2. The van der Waals surface area contributed by atoms with E-state index in [0.29, 0.717) is 17.7 Å². The molecular weight excluding hydrogens is 360 g/mol. The molecule has 2 rings (SSSR count). The number of carboxylic acid groups (broad SMARTS) is 1. The summed E-state index contributed by atoms with van der Waals surface area (Å²) in [5, 5.41) is 16.5. The topological polar surface area (TPSA) is 108 Å². The lowest BCUT2D eigenvalue weighted by molar-refractivity contribution is -0.309. The smallest absolute Gasteiger partial charge is 0.255 e. The van der Waals surface area contributed by atoms with E-state index >= 15 is 0 Å². The number of rotatable bonds is 8. The summed E-state index contributed by atoms with van der Waals surface area (Å²) in [5.41, 5.74) is 0.837. The first-order chi connectivity index (χ1) is 13.4. The van der Waals surface area contributed by atoms with Gasteiger partial charge in [0.15, 0.2) is 0 Å². The molecule has 28 heavy (non-hydrogen) atoms. The van der Waals surface area contributed by atoms with Gasteiger partial charge in [0.05, 0.1) is 30.4 Å². The van der Waals surface area contributed by atoms with Crippen LogP contribution in [0.3, 0.4) is 0 Å². The van der Waals surface area contributed by atoms with Crippen molar-refractivity contribution in [1.82, 2.24) is 5.32 Å². The van der Waals surface area contributed by atoms with Gasteiger partial charge in [0, 0.05) is 5.56 Å². The average Bonchev–Trinajstić information content (AvgIpc) is 2.71. The lowest BCUT2D eigenvalue weighted by atomic mass is 9.98. The highest BCUT2D eigenvalue weighted by Crippen LogP contribution is 2.18. The lowest BCUT2D eigenvalue weighted by Crippen LogP contribution is -2.51. The second-order valence-electron chi connectivity index (χ2n) is 6.38. The molecule has 0 aromatic heterocycles. The van der Waals surface area contributed by atoms with Crippen LogP contribution in [0.15, 0.2) is 48.5 Å². The van der Waals surface area contributed by atoms with Crippen molar-refractivity contribution < 1.29 is 24.2 Å². The number of carbonyl (C=O) groups excluding carboxylic acids is 3. The van der Waals surface area contributed by atoms with Crippen molar-refractivity contribution >= 4 is 23.5 Å². The molecule has 0 radical (unpaired) electrons. The Hall–Kier alpha value is -3.35. The summed E-state index contributed by atoms with van der Waals surface area (Å²) >= 11 is 0. The third-order valence-electron chi connectivity index (χ3n) is 4.53. The molecule has 0 bridgehead atoms. The van der Waals surface area contributed by atoms with Gasteiger partial charge in [-0.3, -0.25) is 9.59 Å². The zero-order chi connectivity index (χ0) is 20.7. The lowest BCUT2D eigenvalue weighted by Gasteiger charge is -2.25. The number of aliphatic carboxylic acids is 1. The zero-order valence-electron chi connectivity index (χ0n) is 16.0. The molecule has 7 nitrogen and oxygen atoms in total. The van der Waals surface area contributed by atoms with E-state index in [1.54, 1.807) is 49.4 Å². The fourth-order valence-corrected chi connectivity index (χ4v) is 2.62. The van der Waals surface area contributed by atoms with Gasteiger partial charge in [0.1, 0.15) is 5.75 Å². The minimum absolute atomic E-state index is 0.166. The highest BCUT2D eigenvalue weighted by Gasteiger charge is 2.22. The summed E-state index contributed by atoms with van der Waals surface area (Å²) in [6.45, 7) is 3.55. The Labute approximate surface area is 163 Å². The number of ether oxygens (including phenoxy) is 1. The number of amides is 2. The van der Waals surface area contributed by atoms with Gasteiger partial charge >= 0.3 is 0 Å². The van der Waals surface area contributed by atoms with E-state index in [-0.39, 0.29) is 17.2 Å². The molecule has 2 amide bonds. The van der Waals surface area contributed by atoms with E-state index in [0.717, 1.165) is 0 Å². The van der Waals surface area contributed by atoms with Crippen molar-refractivity contribution in [2.24, 2.45) is 5.92 Å². The summed E-state index contributed by atoms with van der Waals surface area (Å²) in [7, 11) is 1.53. The summed E-state index contributed by atoms with van der Waals surface area (Å²) < 4.78 is 5.06. The van der Waals surface area contributed by atoms with Gasteiger partial charge < -0.3 is 25.3 Å². The molecule has 0 saturated carbocycles. The van der Waals surface area contributed by atoms with Gasteiger partial charge in [-0.2, -0.15) is 0 Å². The number of benzene rings is 2. The zero-order valence-corrected chi connectivity index (χ0v) is 16.0. The number of anilines is 1. The van der Waals surface area contributed by atoms with Gasteiger partial charge in [-0.1, -0.05) is 32.4 Å². The highest BCUT2D eigenvalue weighted by atomic mass is 16.5. The molecule has 2 aromatic rings. The van der Waals surface area contributed by atoms with Crippen LogP contribution < -0.4 is 20.5 Å². The number of hydrogen-bond acceptors (Lipinski definition) is 5. The Kier molecular flexibility index (Phi) is 7.14. The predicted octanol–water partition coefficient (Wildman–Crippen LogP) is 1.84. The SMILES string of the molecule is CC[C@H](C)[C@@H](NC(=O)c1ccccc1NC(=O)c1ccc(OC)cc1)C(=O)[O-]. The van der Waals surface area contributed by atoms with Crippen LogP contribution in [-0.4, -0.2) is 30.9 Å². The van der Waals surface area contributed by atoms with Crippen LogP contribution in [0.2, 0.25) is 0 Å². The van der Waals surface area contributed by atoms with Crippen molar-refractivity contribution in [3.05, 3.63) is 59.7 Å². The van der Waals surface area contributed by atoms with Crippen LogP contribution in [0, 0.1) is 5.92 Å². The van der Waals surface area contributed by atoms with Gasteiger partial charge in [-0.05, 0) is 42.3 Å². The van der Waals surface area contributed by atoms with Crippen LogP contribution in [0.1, 0.15) is 41.0 Å². The second-order valence-corrected chi connectivity index (χ2v) is 6.38. The van der Waals surface area contributed by atoms with Gasteiger partial charge in [0.2, 0.25) is 0 Å². The molecule has 2 aromatic carbocycles. The molecule has 0 heterocycles. The van der Waals surface area contributed by atoms with Crippen molar-refractivity contribution in [2.75, 3.05) is 12.4 Å². The van der Waals surface area contributed by atoms with Crippen molar-refractivity contribution in [3.8, 4) is 5.75 Å². The van der Waals surface area contributed by atoms with E-state index in [4.69, 9.17) is 4.74 Å². The number of carboxylic acids is 1. The van der Waals surface area contributed by atoms with Crippen LogP contribution in [-0.2, 0) is 4.79 Å². The van der Waals surface area contributed by atoms with Crippen molar-refractivity contribution in [1.29, 1.82) is 0 Å². The predicted molar refractivity (Wildman–Crippen MR) is 103 cm³/mol. The first kappa shape index (κ1) is 21.0. The maximum Gasteiger partial charge on any atom is 0.255 e. The third-order valence-corrected chi connectivity index (χ3v) is 4.53. The molecule has 2 N–H and O–H groups in total. The monoisotopic (exact) mass is 383 g/mol. The van der Waals surface area contributed by atoms with Crippen LogP contribution in [0.25, 0.3) is 0 Å². The molecule has 0 aliphatic heterocycles. The van der Waals surface area contributed by atoms with E-state index in [1.165, 1.54) is 13.2 Å². The van der Waals surface area contributed by atoms with Crippen molar-refractivity contribution in [3.63, 3.8) is 0 Å². The van der Waals surface area contributed by atoms with Gasteiger partial charge in [-0.25, -0.2) is 0 Å². The van der Waals surface area contributed by atoms with E-state index < -0.39 is 23.8 Å². The van der Waals surface area contributed by atoms with Gasteiger partial charge in [0.25, 0.3) is 11.8 Å². The normalized spacial score (nSPS) is 12.5. The fourth-order valence-electron chi connectivity index (χ4n) is 2.62. The Morgan fingerprint density at radius 3 is 2.25 bits per heavy atom. The minimum atomic E-state index is -1.34. The quantitative estimate of drug-likeness (QED) is 0.723. The Balaban J connectivity index is 2.20. The average molecular weight is 383 g/mol. The van der Waals surface area contributed by atoms with Crippen LogP contribution in [0.5, 0.6) is 5.75 Å². The number of methoxy groups -OCH3 is 1. The molecule has 0 unspecified atom stereocenters. The number of para-hydroxylation sites is 1. The first-order valence-corrected chi connectivity index (χ1v) is 8.93. The molecule has 148 valence electrons. The molecular formula is C21H23N2O5-. The molecule has 0 spiro atoms. The van der Waals surface area contributed by atoms with Gasteiger partial charge in [-0.15, -0.1) is 0 Å². The number of hydrogen-bond donors (Lipinski definition) is 2. The molecule has 2 atom stereocenters. The van der Waals surface area contributed by atoms with Crippen LogP contribution in [0.4, 0.5) is 5.69 Å². The Morgan fingerprint density at radius 1 is 1.04 bits per heavy atom. The second kappa shape index (κ2) is 9.55. The molecule has 0 fully saturated rings. The number of carbonyl (C=O) groups is 3. The molecule has 0 aliphatic rings. The Morgan fingerprint density at radius 2 is 1.68 bits per heavy atom.